The first-order valence-electron chi connectivity index (χ1n) is 13.9. The molecular weight excluding hydrogens is 605 g/mol. The molecule has 2 saturated heterocycles. The summed E-state index contributed by atoms with van der Waals surface area (Å²) in [6.07, 6.45) is -12.5. The number of alkyl halides is 3. The number of nitrogens with one attached hydrogen (secondary N) is 1. The molecule has 2 heterocycles. The van der Waals surface area contributed by atoms with E-state index in [1.807, 2.05) is 0 Å². The van der Waals surface area contributed by atoms with Crippen LogP contribution in [0.2, 0.25) is 0 Å². The van der Waals surface area contributed by atoms with Crippen molar-refractivity contribution in [3.05, 3.63) is 59.7 Å². The van der Waals surface area contributed by atoms with E-state index >= 15 is 0 Å². The number of hydrogen-bond acceptors (Lipinski definition) is 10. The lowest BCUT2D eigenvalue weighted by atomic mass is 9.95. The fourth-order valence-electron chi connectivity index (χ4n) is 5.07. The van der Waals surface area contributed by atoms with E-state index in [9.17, 15) is 37.1 Å². The van der Waals surface area contributed by atoms with Crippen LogP contribution in [-0.2, 0) is 49.0 Å². The number of amides is 2. The van der Waals surface area contributed by atoms with E-state index in [-0.39, 0.29) is 37.4 Å². The minimum Gasteiger partial charge on any atom is -0.455 e. The number of halogens is 3. The summed E-state index contributed by atoms with van der Waals surface area (Å²) in [6.45, 7) is 3.96. The van der Waals surface area contributed by atoms with Crippen molar-refractivity contribution in [3.63, 3.8) is 0 Å². The van der Waals surface area contributed by atoms with Gasteiger partial charge in [0.1, 0.15) is 0 Å². The maximum Gasteiger partial charge on any atom is 0.416 e. The molecule has 0 spiro atoms. The summed E-state index contributed by atoms with van der Waals surface area (Å²) in [5, 5.41) is 2.56. The molecule has 0 bridgehead atoms. The zero-order valence-electron chi connectivity index (χ0n) is 24.5. The van der Waals surface area contributed by atoms with E-state index in [2.05, 4.69) is 5.32 Å². The van der Waals surface area contributed by atoms with Gasteiger partial charge in [-0.15, -0.1) is 0 Å². The van der Waals surface area contributed by atoms with Gasteiger partial charge >= 0.3 is 24.1 Å². The second-order valence-electron chi connectivity index (χ2n) is 10.2. The summed E-state index contributed by atoms with van der Waals surface area (Å²) in [7, 11) is 0. The molecule has 4 rings (SSSR count). The Labute approximate surface area is 255 Å². The molecule has 1 N–H and O–H groups in total. The monoisotopic (exact) mass is 636 g/mol. The van der Waals surface area contributed by atoms with Gasteiger partial charge in [0.05, 0.1) is 18.8 Å². The predicted molar refractivity (Wildman–Crippen MR) is 147 cm³/mol. The van der Waals surface area contributed by atoms with Crippen LogP contribution in [0.1, 0.15) is 36.7 Å². The first-order chi connectivity index (χ1) is 21.3. The Morgan fingerprint density at radius 2 is 1.36 bits per heavy atom. The average molecular weight is 637 g/mol. The van der Waals surface area contributed by atoms with Crippen LogP contribution in [0.3, 0.4) is 0 Å². The van der Waals surface area contributed by atoms with Crippen molar-refractivity contribution in [2.75, 3.05) is 26.3 Å². The maximum absolute atomic E-state index is 13.7. The van der Waals surface area contributed by atoms with Gasteiger partial charge in [0.25, 0.3) is 11.8 Å². The molecule has 0 radical (unpaired) electrons. The maximum atomic E-state index is 13.7. The third-order valence-electron chi connectivity index (χ3n) is 6.98. The van der Waals surface area contributed by atoms with Crippen molar-refractivity contribution in [3.8, 4) is 11.1 Å². The number of nitrogens with zero attached hydrogens (tertiary/aromatic N) is 1. The van der Waals surface area contributed by atoms with Crippen molar-refractivity contribution < 1.29 is 60.8 Å². The quantitative estimate of drug-likeness (QED) is 0.355. The molecule has 242 valence electrons. The SMILES string of the molecule is CC(=O)OC1C(NC(=O)c2ccccc2-c2ccc(C(F)(F)F)cc2)OC(C(=O)N2CCOCC2)C(OC(C)=O)C1OC(C)=O. The molecule has 2 aromatic carbocycles. The van der Waals surface area contributed by atoms with Gasteiger partial charge in [0.15, 0.2) is 30.6 Å². The fraction of sp³-hybridized carbons (Fsp3) is 0.433. The van der Waals surface area contributed by atoms with Gasteiger partial charge in [-0.2, -0.15) is 13.2 Å². The third kappa shape index (κ3) is 8.16. The molecule has 2 aromatic rings. The Morgan fingerprint density at radius 3 is 1.93 bits per heavy atom. The summed E-state index contributed by atoms with van der Waals surface area (Å²) in [4.78, 5) is 65.2. The molecule has 0 aliphatic carbocycles. The molecular formula is C30H31F3N2O10. The number of hydrogen-bond donors (Lipinski definition) is 1. The van der Waals surface area contributed by atoms with Gasteiger partial charge in [-0.05, 0) is 29.3 Å². The van der Waals surface area contributed by atoms with Gasteiger partial charge in [-0.1, -0.05) is 30.3 Å². The van der Waals surface area contributed by atoms with E-state index in [1.54, 1.807) is 6.07 Å². The minimum atomic E-state index is -4.56. The highest BCUT2D eigenvalue weighted by molar-refractivity contribution is 6.01. The van der Waals surface area contributed by atoms with Crippen LogP contribution in [0.15, 0.2) is 48.5 Å². The lowest BCUT2D eigenvalue weighted by Crippen LogP contribution is -2.68. The fourth-order valence-corrected chi connectivity index (χ4v) is 5.07. The lowest BCUT2D eigenvalue weighted by Gasteiger charge is -2.45. The number of carbonyl (C=O) groups is 5. The topological polar surface area (TPSA) is 147 Å². The second-order valence-corrected chi connectivity index (χ2v) is 10.2. The largest absolute Gasteiger partial charge is 0.455 e. The summed E-state index contributed by atoms with van der Waals surface area (Å²) < 4.78 is 66.9. The van der Waals surface area contributed by atoms with Gasteiger partial charge in [0, 0.05) is 39.4 Å². The van der Waals surface area contributed by atoms with Crippen molar-refractivity contribution in [2.45, 2.75) is 57.6 Å². The highest BCUT2D eigenvalue weighted by atomic mass is 19.4. The standard InChI is InChI=1S/C30H31F3N2O10/c1-16(36)42-23-24(43-17(2)37)26(29(40)35-12-14-41-15-13-35)45-28(25(23)44-18(3)38)34-27(39)22-7-5-4-6-21(22)19-8-10-20(11-9-19)30(31,32)33/h4-11,23-26,28H,12-15H2,1-3H3,(H,34,39). The van der Waals surface area contributed by atoms with Gasteiger partial charge in [-0.25, -0.2) is 0 Å². The molecule has 5 atom stereocenters. The van der Waals surface area contributed by atoms with Crippen LogP contribution in [0.4, 0.5) is 13.2 Å². The highest BCUT2D eigenvalue weighted by Crippen LogP contribution is 2.33. The Morgan fingerprint density at radius 1 is 0.800 bits per heavy atom. The second kappa shape index (κ2) is 14.1. The zero-order chi connectivity index (χ0) is 32.9. The molecule has 12 nitrogen and oxygen atoms in total. The molecule has 2 aliphatic heterocycles. The summed E-state index contributed by atoms with van der Waals surface area (Å²) in [6, 6.07) is 10.2. The van der Waals surface area contributed by atoms with E-state index < -0.39 is 72.1 Å². The number of esters is 3. The van der Waals surface area contributed by atoms with E-state index in [4.69, 9.17) is 23.7 Å². The normalized spacial score (nSPS) is 23.4. The molecule has 2 aliphatic rings. The number of carbonyl (C=O) groups excluding carboxylic acids is 5. The first kappa shape index (κ1) is 33.4. The van der Waals surface area contributed by atoms with Crippen LogP contribution < -0.4 is 5.32 Å². The molecule has 0 saturated carbocycles. The highest BCUT2D eigenvalue weighted by Gasteiger charge is 2.55. The number of rotatable bonds is 7. The molecule has 15 heteroatoms. The Kier molecular flexibility index (Phi) is 10.4. The van der Waals surface area contributed by atoms with E-state index in [0.717, 1.165) is 32.9 Å². The molecule has 0 aromatic heterocycles. The molecule has 2 amide bonds. The summed E-state index contributed by atoms with van der Waals surface area (Å²) in [5.41, 5.74) is -0.311. The van der Waals surface area contributed by atoms with Crippen LogP contribution in [0, 0.1) is 0 Å². The summed E-state index contributed by atoms with van der Waals surface area (Å²) in [5.74, 6) is -4.07. The van der Waals surface area contributed by atoms with Gasteiger partial charge < -0.3 is 33.9 Å². The Bertz CT molecular complexity index is 1430. The zero-order valence-corrected chi connectivity index (χ0v) is 24.5. The smallest absolute Gasteiger partial charge is 0.416 e. The van der Waals surface area contributed by atoms with Gasteiger partial charge in [0.2, 0.25) is 0 Å². The van der Waals surface area contributed by atoms with E-state index in [0.29, 0.717) is 5.56 Å². The molecule has 2 fully saturated rings. The summed E-state index contributed by atoms with van der Waals surface area (Å²) >= 11 is 0. The molecule has 5 unspecified atom stereocenters. The van der Waals surface area contributed by atoms with Crippen LogP contribution in [0.25, 0.3) is 11.1 Å². The Hall–Kier alpha value is -4.50. The third-order valence-corrected chi connectivity index (χ3v) is 6.98. The van der Waals surface area contributed by atoms with Crippen LogP contribution in [0.5, 0.6) is 0 Å². The minimum absolute atomic E-state index is 0.00429. The van der Waals surface area contributed by atoms with Crippen molar-refractivity contribution in [1.29, 1.82) is 0 Å². The van der Waals surface area contributed by atoms with Crippen LogP contribution >= 0.6 is 0 Å². The van der Waals surface area contributed by atoms with Crippen LogP contribution in [-0.4, -0.2) is 91.6 Å². The Balaban J connectivity index is 1.72. The predicted octanol–water partition coefficient (Wildman–Crippen LogP) is 2.48. The number of morpholine rings is 1. The average Bonchev–Trinajstić information content (AvgIpc) is 2.99. The van der Waals surface area contributed by atoms with Crippen molar-refractivity contribution in [2.24, 2.45) is 0 Å². The van der Waals surface area contributed by atoms with Gasteiger partial charge in [-0.3, -0.25) is 24.0 Å². The van der Waals surface area contributed by atoms with E-state index in [1.165, 1.54) is 35.2 Å². The molecule has 45 heavy (non-hydrogen) atoms. The van der Waals surface area contributed by atoms with Crippen molar-refractivity contribution >= 4 is 29.7 Å². The first-order valence-corrected chi connectivity index (χ1v) is 13.9. The number of benzene rings is 2. The number of ether oxygens (including phenoxy) is 5. The lowest BCUT2D eigenvalue weighted by molar-refractivity contribution is -0.249. The van der Waals surface area contributed by atoms with Crippen molar-refractivity contribution in [1.82, 2.24) is 10.2 Å².